The van der Waals surface area contributed by atoms with Crippen LogP contribution in [0, 0.1) is 0 Å². The number of rotatable bonds is 3. The molecule has 2 aliphatic rings. The van der Waals surface area contributed by atoms with Gasteiger partial charge in [0.1, 0.15) is 5.75 Å². The van der Waals surface area contributed by atoms with Gasteiger partial charge in [0.05, 0.1) is 12.7 Å². The van der Waals surface area contributed by atoms with Gasteiger partial charge in [-0.05, 0) is 48.6 Å². The van der Waals surface area contributed by atoms with E-state index in [1.807, 2.05) is 0 Å². The van der Waals surface area contributed by atoms with E-state index in [4.69, 9.17) is 4.74 Å². The molecule has 3 rings (SSSR count). The van der Waals surface area contributed by atoms with Gasteiger partial charge < -0.3 is 15.2 Å². The summed E-state index contributed by atoms with van der Waals surface area (Å²) in [4.78, 5) is 0. The Labute approximate surface area is 108 Å². The summed E-state index contributed by atoms with van der Waals surface area (Å²) in [5.41, 5.74) is 3.68. The van der Waals surface area contributed by atoms with Crippen LogP contribution in [0.25, 0.3) is 0 Å². The normalized spacial score (nSPS) is 25.4. The number of aliphatic hydroxyl groups excluding tert-OH is 1. The highest BCUT2D eigenvalue weighted by Gasteiger charge is 2.29. The van der Waals surface area contributed by atoms with Crippen LogP contribution < -0.4 is 10.1 Å². The first kappa shape index (κ1) is 12.0. The molecule has 98 valence electrons. The molecule has 2 atom stereocenters. The minimum atomic E-state index is -0.394. The fourth-order valence-corrected chi connectivity index (χ4v) is 3.01. The lowest BCUT2D eigenvalue weighted by atomic mass is 9.84. The number of nitrogens with one attached hydrogen (secondary N) is 1. The molecule has 0 amide bonds. The molecule has 1 aliphatic carbocycles. The minimum Gasteiger partial charge on any atom is -0.493 e. The van der Waals surface area contributed by atoms with Crippen molar-refractivity contribution in [2.75, 3.05) is 13.2 Å². The van der Waals surface area contributed by atoms with Crippen molar-refractivity contribution in [2.45, 2.75) is 44.8 Å². The molecule has 0 spiro atoms. The van der Waals surface area contributed by atoms with Crippen LogP contribution in [0.4, 0.5) is 0 Å². The van der Waals surface area contributed by atoms with Crippen molar-refractivity contribution in [1.29, 1.82) is 0 Å². The van der Waals surface area contributed by atoms with Crippen molar-refractivity contribution in [3.05, 3.63) is 28.8 Å². The lowest BCUT2D eigenvalue weighted by Gasteiger charge is -2.31. The topological polar surface area (TPSA) is 41.5 Å². The van der Waals surface area contributed by atoms with Crippen molar-refractivity contribution >= 4 is 0 Å². The highest BCUT2D eigenvalue weighted by atomic mass is 16.5. The molecule has 0 bridgehead atoms. The fourth-order valence-electron chi connectivity index (χ4n) is 3.01. The van der Waals surface area contributed by atoms with Gasteiger partial charge in [-0.1, -0.05) is 13.0 Å². The summed E-state index contributed by atoms with van der Waals surface area (Å²) in [6, 6.07) is 4.48. The molecule has 0 saturated carbocycles. The summed E-state index contributed by atoms with van der Waals surface area (Å²) in [6.45, 7) is 3.90. The van der Waals surface area contributed by atoms with Crippen molar-refractivity contribution in [3.63, 3.8) is 0 Å². The van der Waals surface area contributed by atoms with E-state index < -0.39 is 6.10 Å². The average Bonchev–Trinajstić information content (AvgIpc) is 2.83. The summed E-state index contributed by atoms with van der Waals surface area (Å²) in [6.07, 6.45) is 3.80. The van der Waals surface area contributed by atoms with Crippen molar-refractivity contribution < 1.29 is 9.84 Å². The smallest absolute Gasteiger partial charge is 0.123 e. The van der Waals surface area contributed by atoms with Gasteiger partial charge in [-0.2, -0.15) is 0 Å². The largest absolute Gasteiger partial charge is 0.493 e. The predicted octanol–water partition coefficient (Wildman–Crippen LogP) is 1.97. The Morgan fingerprint density at radius 1 is 1.33 bits per heavy atom. The van der Waals surface area contributed by atoms with E-state index in [0.717, 1.165) is 50.1 Å². The molecule has 1 heterocycles. The molecular formula is C15H21NO2. The number of hydrogen-bond acceptors (Lipinski definition) is 3. The summed E-state index contributed by atoms with van der Waals surface area (Å²) in [7, 11) is 0. The second kappa shape index (κ2) is 4.90. The van der Waals surface area contributed by atoms with Crippen LogP contribution in [0.5, 0.6) is 5.75 Å². The molecule has 0 radical (unpaired) electrons. The third-order valence-corrected chi connectivity index (χ3v) is 4.03. The van der Waals surface area contributed by atoms with Crippen LogP contribution in [-0.2, 0) is 12.8 Å². The van der Waals surface area contributed by atoms with E-state index in [1.165, 1.54) is 11.1 Å². The molecule has 2 N–H and O–H groups in total. The highest BCUT2D eigenvalue weighted by Crippen LogP contribution is 2.36. The second-order valence-corrected chi connectivity index (χ2v) is 5.30. The van der Waals surface area contributed by atoms with Crippen LogP contribution in [0.1, 0.15) is 42.6 Å². The van der Waals surface area contributed by atoms with Gasteiger partial charge in [-0.3, -0.25) is 0 Å². The van der Waals surface area contributed by atoms with E-state index in [0.29, 0.717) is 0 Å². The maximum absolute atomic E-state index is 10.5. The molecule has 18 heavy (non-hydrogen) atoms. The SMILES string of the molecule is CCCNC1CCc2cc3c(cc2C1O)OCC3. The van der Waals surface area contributed by atoms with Gasteiger partial charge in [0.15, 0.2) is 0 Å². The molecule has 2 unspecified atom stereocenters. The van der Waals surface area contributed by atoms with Gasteiger partial charge in [0, 0.05) is 12.5 Å². The highest BCUT2D eigenvalue weighted by molar-refractivity contribution is 5.47. The Balaban J connectivity index is 1.86. The van der Waals surface area contributed by atoms with E-state index in [1.54, 1.807) is 0 Å². The molecule has 3 nitrogen and oxygen atoms in total. The molecule has 3 heteroatoms. The molecule has 1 aromatic carbocycles. The summed E-state index contributed by atoms with van der Waals surface area (Å²) in [5, 5.41) is 13.9. The Morgan fingerprint density at radius 2 is 2.22 bits per heavy atom. The molecule has 1 aliphatic heterocycles. The first-order valence-corrected chi connectivity index (χ1v) is 6.99. The van der Waals surface area contributed by atoms with Crippen molar-refractivity contribution in [2.24, 2.45) is 0 Å². The van der Waals surface area contributed by atoms with Gasteiger partial charge in [-0.25, -0.2) is 0 Å². The fraction of sp³-hybridized carbons (Fsp3) is 0.600. The molecule has 0 aromatic heterocycles. The molecule has 0 fully saturated rings. The van der Waals surface area contributed by atoms with E-state index >= 15 is 0 Å². The van der Waals surface area contributed by atoms with Crippen LogP contribution >= 0.6 is 0 Å². The zero-order valence-corrected chi connectivity index (χ0v) is 10.9. The minimum absolute atomic E-state index is 0.192. The maximum atomic E-state index is 10.5. The molecule has 1 aromatic rings. The van der Waals surface area contributed by atoms with Crippen LogP contribution in [-0.4, -0.2) is 24.3 Å². The number of fused-ring (bicyclic) bond motifs is 2. The summed E-state index contributed by atoms with van der Waals surface area (Å²) < 4.78 is 5.60. The third kappa shape index (κ3) is 2.02. The Hall–Kier alpha value is -1.06. The van der Waals surface area contributed by atoms with Crippen LogP contribution in [0.15, 0.2) is 12.1 Å². The monoisotopic (exact) mass is 247 g/mol. The van der Waals surface area contributed by atoms with Crippen LogP contribution in [0.3, 0.4) is 0 Å². The molecule has 0 saturated heterocycles. The average molecular weight is 247 g/mol. The van der Waals surface area contributed by atoms with E-state index in [9.17, 15) is 5.11 Å². The summed E-state index contributed by atoms with van der Waals surface area (Å²) in [5.74, 6) is 0.976. The van der Waals surface area contributed by atoms with Crippen molar-refractivity contribution in [3.8, 4) is 5.75 Å². The Morgan fingerprint density at radius 3 is 3.06 bits per heavy atom. The zero-order chi connectivity index (χ0) is 12.5. The van der Waals surface area contributed by atoms with Gasteiger partial charge in [0.2, 0.25) is 0 Å². The number of ether oxygens (including phenoxy) is 1. The van der Waals surface area contributed by atoms with Gasteiger partial charge in [0.25, 0.3) is 0 Å². The quantitative estimate of drug-likeness (QED) is 0.858. The predicted molar refractivity (Wildman–Crippen MR) is 71.0 cm³/mol. The van der Waals surface area contributed by atoms with Crippen molar-refractivity contribution in [1.82, 2.24) is 5.32 Å². The Bertz CT molecular complexity index is 444. The van der Waals surface area contributed by atoms with Gasteiger partial charge in [-0.15, -0.1) is 0 Å². The van der Waals surface area contributed by atoms with Crippen LogP contribution in [0.2, 0.25) is 0 Å². The summed E-state index contributed by atoms with van der Waals surface area (Å²) >= 11 is 0. The maximum Gasteiger partial charge on any atom is 0.123 e. The third-order valence-electron chi connectivity index (χ3n) is 4.03. The number of benzene rings is 1. The van der Waals surface area contributed by atoms with E-state index in [-0.39, 0.29) is 6.04 Å². The standard InChI is InChI=1S/C15H21NO2/c1-2-6-16-13-4-3-10-8-11-5-7-18-14(11)9-12(10)15(13)17/h8-9,13,15-17H,2-7H2,1H3. The first-order chi connectivity index (χ1) is 8.79. The Kier molecular flexibility index (Phi) is 3.27. The van der Waals surface area contributed by atoms with Gasteiger partial charge >= 0.3 is 0 Å². The second-order valence-electron chi connectivity index (χ2n) is 5.30. The lowest BCUT2D eigenvalue weighted by Crippen LogP contribution is -2.38. The molecular weight excluding hydrogens is 226 g/mol. The lowest BCUT2D eigenvalue weighted by molar-refractivity contribution is 0.115. The number of aryl methyl sites for hydroxylation is 1. The first-order valence-electron chi connectivity index (χ1n) is 6.99. The van der Waals surface area contributed by atoms with E-state index in [2.05, 4.69) is 24.4 Å². The number of aliphatic hydroxyl groups is 1. The zero-order valence-electron chi connectivity index (χ0n) is 10.9. The number of hydrogen-bond donors (Lipinski definition) is 2.